The third-order valence-corrected chi connectivity index (χ3v) is 8.75. The number of piperazine rings is 1. The molecule has 0 aliphatic carbocycles. The van der Waals surface area contributed by atoms with Crippen LogP contribution in [0.5, 0.6) is 11.5 Å². The van der Waals surface area contributed by atoms with Crippen LogP contribution in [0.15, 0.2) is 47.8 Å². The summed E-state index contributed by atoms with van der Waals surface area (Å²) >= 11 is 0. The number of nitrogen functional groups attached to an aromatic ring is 1. The Kier molecular flexibility index (Phi) is 8.39. The molecule has 0 radical (unpaired) electrons. The van der Waals surface area contributed by atoms with Gasteiger partial charge in [0, 0.05) is 39.8 Å². The number of benzene rings is 2. The minimum atomic E-state index is -4.05. The number of amides is 1. The van der Waals surface area contributed by atoms with E-state index in [0.717, 1.165) is 21.0 Å². The number of rotatable bonds is 8. The van der Waals surface area contributed by atoms with E-state index in [1.54, 1.807) is 13.0 Å². The fourth-order valence-corrected chi connectivity index (χ4v) is 5.48. The van der Waals surface area contributed by atoms with Crippen LogP contribution >= 0.6 is 0 Å². The van der Waals surface area contributed by atoms with Gasteiger partial charge < -0.3 is 25.4 Å². The first-order valence-corrected chi connectivity index (χ1v) is 14.9. The van der Waals surface area contributed by atoms with Crippen LogP contribution in [0.25, 0.3) is 16.6 Å². The van der Waals surface area contributed by atoms with E-state index in [1.165, 1.54) is 42.8 Å². The number of carbonyl (C=O) groups is 1. The maximum atomic E-state index is 15.0. The summed E-state index contributed by atoms with van der Waals surface area (Å²) in [5.74, 6) is -1.38. The van der Waals surface area contributed by atoms with Crippen LogP contribution in [-0.4, -0.2) is 88.1 Å². The van der Waals surface area contributed by atoms with Gasteiger partial charge in [0.05, 0.1) is 40.4 Å². The second-order valence-electron chi connectivity index (χ2n) is 9.82. The van der Waals surface area contributed by atoms with Crippen molar-refractivity contribution in [1.82, 2.24) is 28.7 Å². The van der Waals surface area contributed by atoms with Crippen molar-refractivity contribution < 1.29 is 27.4 Å². The van der Waals surface area contributed by atoms with Crippen LogP contribution < -0.4 is 25.7 Å². The van der Waals surface area contributed by atoms with Crippen LogP contribution in [0.2, 0.25) is 0 Å². The molecule has 16 nitrogen and oxygen atoms in total. The number of nitrogens with one attached hydrogen (secondary N) is 1. The maximum Gasteiger partial charge on any atom is 0.407 e. The summed E-state index contributed by atoms with van der Waals surface area (Å²) in [6.07, 6.45) is 3.10. The molecule has 5 rings (SSSR count). The van der Waals surface area contributed by atoms with E-state index in [-0.39, 0.29) is 40.3 Å². The van der Waals surface area contributed by atoms with Gasteiger partial charge in [0.2, 0.25) is 5.95 Å². The smallest absolute Gasteiger partial charge is 0.407 e. The topological polar surface area (TPSA) is 213 Å². The van der Waals surface area contributed by atoms with E-state index in [2.05, 4.69) is 19.7 Å². The Labute approximate surface area is 255 Å². The zero-order chi connectivity index (χ0) is 32.5. The molecule has 1 aliphatic rings. The molecule has 18 heteroatoms. The van der Waals surface area contributed by atoms with Crippen molar-refractivity contribution in [3.8, 4) is 23.3 Å². The van der Waals surface area contributed by atoms with Gasteiger partial charge in [-0.05, 0) is 24.3 Å². The molecular weight excluding hydrogens is 611 g/mol. The highest BCUT2D eigenvalue weighted by Crippen LogP contribution is 2.37. The highest BCUT2D eigenvalue weighted by atomic mass is 32.2. The van der Waals surface area contributed by atoms with Crippen LogP contribution in [-0.2, 0) is 10.2 Å². The minimum absolute atomic E-state index is 0.0655. The highest BCUT2D eigenvalue weighted by molar-refractivity contribution is 7.90. The molecule has 0 spiro atoms. The van der Waals surface area contributed by atoms with Gasteiger partial charge in [-0.3, -0.25) is 14.1 Å². The number of anilines is 3. The molecule has 234 valence electrons. The Morgan fingerprint density at radius 1 is 1.18 bits per heavy atom. The van der Waals surface area contributed by atoms with Crippen LogP contribution in [0.4, 0.5) is 26.5 Å². The molecule has 1 fully saturated rings. The number of nitriles is 1. The van der Waals surface area contributed by atoms with E-state index >= 15 is 0 Å². The lowest BCUT2D eigenvalue weighted by molar-refractivity contribution is 0.142. The molecule has 1 amide bonds. The van der Waals surface area contributed by atoms with Crippen molar-refractivity contribution in [3.63, 3.8) is 0 Å². The lowest BCUT2D eigenvalue weighted by atomic mass is 10.1. The summed E-state index contributed by atoms with van der Waals surface area (Å²) in [5, 5.41) is 18.9. The molecule has 1 aliphatic heterocycles. The number of aromatic nitrogens is 4. The van der Waals surface area contributed by atoms with E-state index in [0.29, 0.717) is 32.1 Å². The molecule has 2 aromatic carbocycles. The first-order chi connectivity index (χ1) is 21.4. The molecule has 0 atom stereocenters. The Morgan fingerprint density at radius 3 is 2.49 bits per heavy atom. The van der Waals surface area contributed by atoms with E-state index in [9.17, 15) is 27.7 Å². The summed E-state index contributed by atoms with van der Waals surface area (Å²) in [4.78, 5) is 40.8. The van der Waals surface area contributed by atoms with Gasteiger partial charge in [-0.15, -0.1) is 0 Å². The van der Waals surface area contributed by atoms with Crippen molar-refractivity contribution in [1.29, 1.82) is 5.26 Å². The lowest BCUT2D eigenvalue weighted by Crippen LogP contribution is -2.48. The molecule has 2 aromatic heterocycles. The Balaban J connectivity index is 1.47. The normalized spacial score (nSPS) is 13.6. The van der Waals surface area contributed by atoms with Crippen LogP contribution in [0.1, 0.15) is 12.5 Å². The van der Waals surface area contributed by atoms with Crippen molar-refractivity contribution in [2.24, 2.45) is 0 Å². The quantitative estimate of drug-likeness (QED) is 0.236. The van der Waals surface area contributed by atoms with Gasteiger partial charge in [-0.2, -0.15) is 18.0 Å². The minimum Gasteiger partial charge on any atom is -0.465 e. The van der Waals surface area contributed by atoms with Gasteiger partial charge in [0.1, 0.15) is 18.0 Å². The lowest BCUT2D eigenvalue weighted by Gasteiger charge is -2.33. The first kappa shape index (κ1) is 30.9. The number of hydrogen-bond donors (Lipinski definition) is 3. The maximum absolute atomic E-state index is 15.0. The zero-order valence-corrected chi connectivity index (χ0v) is 24.8. The monoisotopic (exact) mass is 638 g/mol. The Hall–Kier alpha value is -5.54. The van der Waals surface area contributed by atoms with E-state index in [4.69, 9.17) is 15.6 Å². The van der Waals surface area contributed by atoms with Crippen molar-refractivity contribution in [2.45, 2.75) is 6.92 Å². The van der Waals surface area contributed by atoms with Gasteiger partial charge >= 0.3 is 16.3 Å². The molecule has 4 N–H and O–H groups in total. The standard InChI is InChI=1S/C27H27FN10O6S/c1-3-35(2)45(42,43)34-19-5-4-18(28)24(17(19)12-29)44-21-7-6-20-22(23(21)30)25(39)38(15-33-20)16-13-31-26(32-14-16)36-8-10-37(11-9-36)27(40)41/h4-7,13-15,34H,3,8-11,30H2,1-2H3,(H,40,41). The average molecular weight is 639 g/mol. The highest BCUT2D eigenvalue weighted by Gasteiger charge is 2.24. The molecule has 45 heavy (non-hydrogen) atoms. The number of nitrogens with two attached hydrogens (primary N) is 1. The number of hydrogen-bond acceptors (Lipinski definition) is 11. The third-order valence-electron chi connectivity index (χ3n) is 7.19. The van der Waals surface area contributed by atoms with Crippen molar-refractivity contribution >= 4 is 44.5 Å². The summed E-state index contributed by atoms with van der Waals surface area (Å²) in [6.45, 7) is 3.16. The predicted octanol–water partition coefficient (Wildman–Crippen LogP) is 1.97. The number of carboxylic acid groups (broad SMARTS) is 1. The third kappa shape index (κ3) is 5.98. The molecule has 4 aromatic rings. The molecule has 0 saturated carbocycles. The van der Waals surface area contributed by atoms with Crippen molar-refractivity contribution in [2.75, 3.05) is 55.1 Å². The summed E-state index contributed by atoms with van der Waals surface area (Å²) in [5.41, 5.74) is 5.33. The van der Waals surface area contributed by atoms with Crippen molar-refractivity contribution in [3.05, 3.63) is 64.7 Å². The predicted molar refractivity (Wildman–Crippen MR) is 161 cm³/mol. The summed E-state index contributed by atoms with van der Waals surface area (Å²) in [7, 11) is -2.71. The second kappa shape index (κ2) is 12.2. The SMILES string of the molecule is CCN(C)S(=O)(=O)Nc1ccc(F)c(Oc2ccc3ncn(-c4cnc(N5CCN(C(=O)O)CC5)nc4)c(=O)c3c2N)c1C#N. The van der Waals surface area contributed by atoms with Gasteiger partial charge in [0.15, 0.2) is 17.3 Å². The Morgan fingerprint density at radius 2 is 1.87 bits per heavy atom. The summed E-state index contributed by atoms with van der Waals surface area (Å²) in [6, 6.07) is 6.56. The largest absolute Gasteiger partial charge is 0.465 e. The molecule has 0 unspecified atom stereocenters. The zero-order valence-electron chi connectivity index (χ0n) is 24.0. The number of ether oxygens (including phenoxy) is 1. The van der Waals surface area contributed by atoms with Gasteiger partial charge in [-0.25, -0.2) is 24.1 Å². The van der Waals surface area contributed by atoms with Crippen LogP contribution in [0, 0.1) is 17.1 Å². The Bertz CT molecular complexity index is 1990. The van der Waals surface area contributed by atoms with Gasteiger partial charge in [-0.1, -0.05) is 6.92 Å². The van der Waals surface area contributed by atoms with Gasteiger partial charge in [0.25, 0.3) is 5.56 Å². The number of nitrogens with zero attached hydrogens (tertiary/aromatic N) is 8. The molecule has 0 bridgehead atoms. The molecule has 1 saturated heterocycles. The van der Waals surface area contributed by atoms with E-state index < -0.39 is 39.0 Å². The number of halogens is 1. The fourth-order valence-electron chi connectivity index (χ4n) is 4.54. The molecular formula is C27H27FN10O6S. The second-order valence-corrected chi connectivity index (χ2v) is 11.6. The fraction of sp³-hybridized carbons (Fsp3) is 0.259. The number of fused-ring (bicyclic) bond motifs is 1. The molecule has 3 heterocycles. The average Bonchev–Trinajstić information content (AvgIpc) is 3.03. The van der Waals surface area contributed by atoms with E-state index in [1.807, 2.05) is 4.90 Å². The van der Waals surface area contributed by atoms with Crippen LogP contribution in [0.3, 0.4) is 0 Å². The summed E-state index contributed by atoms with van der Waals surface area (Å²) < 4.78 is 50.2. The first-order valence-electron chi connectivity index (χ1n) is 13.4.